The molecule has 0 saturated carbocycles. The van der Waals surface area contributed by atoms with E-state index in [1.54, 1.807) is 12.1 Å². The second-order valence-electron chi connectivity index (χ2n) is 9.16. The molecule has 4 nitrogen and oxygen atoms in total. The summed E-state index contributed by atoms with van der Waals surface area (Å²) in [5.74, 6) is 0.0489. The van der Waals surface area contributed by atoms with E-state index in [4.69, 9.17) is 9.47 Å². The molecule has 182 valence electrons. The fraction of sp³-hybridized carbons (Fsp3) is 0.219. The first kappa shape index (κ1) is 24.0. The molecule has 0 radical (unpaired) electrons. The molecule has 2 atom stereocenters. The Kier molecular flexibility index (Phi) is 7.86. The monoisotopic (exact) mass is 477 g/mol. The molecule has 4 heteroatoms. The van der Waals surface area contributed by atoms with Gasteiger partial charge in [-0.2, -0.15) is 0 Å². The maximum atomic E-state index is 12.0. The summed E-state index contributed by atoms with van der Waals surface area (Å²) in [4.78, 5) is 12.0. The summed E-state index contributed by atoms with van der Waals surface area (Å²) in [6.07, 6.45) is 5.03. The summed E-state index contributed by atoms with van der Waals surface area (Å²) in [5, 5.41) is 5.99. The van der Waals surface area contributed by atoms with Crippen LogP contribution in [0.3, 0.4) is 0 Å². The molecule has 0 bridgehead atoms. The topological polar surface area (TPSA) is 47.6 Å². The lowest BCUT2D eigenvalue weighted by atomic mass is 9.87. The second kappa shape index (κ2) is 11.8. The quantitative estimate of drug-likeness (QED) is 0.300. The summed E-state index contributed by atoms with van der Waals surface area (Å²) < 4.78 is 11.7. The van der Waals surface area contributed by atoms with Gasteiger partial charge in [0.15, 0.2) is 0 Å². The van der Waals surface area contributed by atoms with Gasteiger partial charge < -0.3 is 14.8 Å². The van der Waals surface area contributed by atoms with E-state index in [2.05, 4.69) is 72.0 Å². The minimum Gasteiger partial charge on any atom is -0.458 e. The van der Waals surface area contributed by atoms with Gasteiger partial charge in [-0.25, -0.2) is 4.79 Å². The highest BCUT2D eigenvalue weighted by atomic mass is 16.5. The van der Waals surface area contributed by atoms with Gasteiger partial charge >= 0.3 is 5.97 Å². The third kappa shape index (κ3) is 6.09. The van der Waals surface area contributed by atoms with Crippen molar-refractivity contribution in [1.82, 2.24) is 5.32 Å². The van der Waals surface area contributed by atoms with E-state index in [1.807, 2.05) is 30.4 Å². The average Bonchev–Trinajstić information content (AvgIpc) is 2.95. The van der Waals surface area contributed by atoms with Crippen molar-refractivity contribution in [3.05, 3.63) is 125 Å². The largest absolute Gasteiger partial charge is 0.458 e. The predicted octanol–water partition coefficient (Wildman–Crippen LogP) is 6.37. The maximum absolute atomic E-state index is 12.0. The number of hydrogen-bond acceptors (Lipinski definition) is 4. The zero-order valence-corrected chi connectivity index (χ0v) is 20.3. The molecule has 1 saturated heterocycles. The van der Waals surface area contributed by atoms with E-state index in [9.17, 15) is 4.79 Å². The van der Waals surface area contributed by atoms with Crippen LogP contribution in [-0.4, -0.2) is 31.8 Å². The number of ether oxygens (including phenoxy) is 2. The van der Waals surface area contributed by atoms with Gasteiger partial charge in [0.1, 0.15) is 6.61 Å². The van der Waals surface area contributed by atoms with Crippen molar-refractivity contribution >= 4 is 22.8 Å². The molecule has 1 heterocycles. The zero-order valence-electron chi connectivity index (χ0n) is 20.3. The van der Waals surface area contributed by atoms with Crippen LogP contribution >= 0.6 is 0 Å². The highest BCUT2D eigenvalue weighted by molar-refractivity contribution is 5.89. The van der Waals surface area contributed by atoms with Crippen LogP contribution in [0, 0.1) is 0 Å². The van der Waals surface area contributed by atoms with Crippen LogP contribution in [0.25, 0.3) is 16.8 Å². The number of hydrogen-bond donors (Lipinski definition) is 1. The molecule has 5 rings (SSSR count). The van der Waals surface area contributed by atoms with E-state index in [1.165, 1.54) is 21.9 Å². The fourth-order valence-electron chi connectivity index (χ4n) is 4.74. The van der Waals surface area contributed by atoms with Gasteiger partial charge in [0.25, 0.3) is 0 Å². The van der Waals surface area contributed by atoms with Gasteiger partial charge in [0.05, 0.1) is 18.3 Å². The molecule has 36 heavy (non-hydrogen) atoms. The first-order chi connectivity index (χ1) is 17.8. The van der Waals surface area contributed by atoms with Crippen molar-refractivity contribution in [2.45, 2.75) is 25.0 Å². The number of carbonyl (C=O) groups excluding carboxylic acids is 1. The van der Waals surface area contributed by atoms with E-state index < -0.39 is 0 Å². The molecule has 0 spiro atoms. The van der Waals surface area contributed by atoms with Crippen molar-refractivity contribution in [1.29, 1.82) is 0 Å². The standard InChI is InChI=1S/C32H31NO3/c34-32(28-9-2-1-3-10-28)35-20-6-7-24-12-16-27(17-13-24)30-18-19-33-22-31(30)36-23-25-14-15-26-8-4-5-11-29(26)21-25/h1-17,21,30-31,33H,18-20,22-23H2/b7-6-. The van der Waals surface area contributed by atoms with E-state index in [-0.39, 0.29) is 18.7 Å². The van der Waals surface area contributed by atoms with E-state index >= 15 is 0 Å². The van der Waals surface area contributed by atoms with Crippen LogP contribution in [0.15, 0.2) is 103 Å². The van der Waals surface area contributed by atoms with E-state index in [0.717, 1.165) is 25.1 Å². The molecule has 4 aromatic carbocycles. The van der Waals surface area contributed by atoms with Crippen molar-refractivity contribution in [3.63, 3.8) is 0 Å². The Hall–Kier alpha value is -3.73. The normalized spacial score (nSPS) is 17.9. The highest BCUT2D eigenvalue weighted by Crippen LogP contribution is 2.29. The predicted molar refractivity (Wildman–Crippen MR) is 145 cm³/mol. The molecule has 1 aliphatic heterocycles. The number of piperidine rings is 1. The van der Waals surface area contributed by atoms with Crippen LogP contribution in [0.1, 0.15) is 39.4 Å². The van der Waals surface area contributed by atoms with Crippen LogP contribution in [-0.2, 0) is 16.1 Å². The van der Waals surface area contributed by atoms with Crippen LogP contribution in [0.4, 0.5) is 0 Å². The molecule has 1 N–H and O–H groups in total. The van der Waals surface area contributed by atoms with Gasteiger partial charge in [-0.3, -0.25) is 0 Å². The molecule has 2 unspecified atom stereocenters. The Bertz CT molecular complexity index is 1310. The van der Waals surface area contributed by atoms with Gasteiger partial charge in [0.2, 0.25) is 0 Å². The summed E-state index contributed by atoms with van der Waals surface area (Å²) in [7, 11) is 0. The zero-order chi connectivity index (χ0) is 24.6. The summed E-state index contributed by atoms with van der Waals surface area (Å²) in [6.45, 7) is 2.70. The Morgan fingerprint density at radius 1 is 0.889 bits per heavy atom. The minimum absolute atomic E-state index is 0.129. The lowest BCUT2D eigenvalue weighted by Crippen LogP contribution is -2.40. The molecule has 1 fully saturated rings. The molecule has 0 amide bonds. The maximum Gasteiger partial charge on any atom is 0.338 e. The number of benzene rings is 4. The highest BCUT2D eigenvalue weighted by Gasteiger charge is 2.27. The third-order valence-corrected chi connectivity index (χ3v) is 6.70. The Labute approximate surface area is 212 Å². The lowest BCUT2D eigenvalue weighted by Gasteiger charge is -2.32. The van der Waals surface area contributed by atoms with Gasteiger partial charge in [0, 0.05) is 12.5 Å². The Morgan fingerprint density at radius 3 is 2.50 bits per heavy atom. The minimum atomic E-state index is -0.309. The van der Waals surface area contributed by atoms with Gasteiger partial charge in [-0.15, -0.1) is 0 Å². The van der Waals surface area contributed by atoms with Crippen molar-refractivity contribution in [2.75, 3.05) is 19.7 Å². The van der Waals surface area contributed by atoms with Crippen LogP contribution in [0.5, 0.6) is 0 Å². The first-order valence-corrected chi connectivity index (χ1v) is 12.5. The smallest absolute Gasteiger partial charge is 0.338 e. The molecule has 1 aliphatic rings. The van der Waals surface area contributed by atoms with Gasteiger partial charge in [-0.1, -0.05) is 84.9 Å². The van der Waals surface area contributed by atoms with E-state index in [0.29, 0.717) is 18.1 Å². The summed E-state index contributed by atoms with van der Waals surface area (Å²) >= 11 is 0. The van der Waals surface area contributed by atoms with Gasteiger partial charge in [-0.05, 0) is 64.7 Å². The summed E-state index contributed by atoms with van der Waals surface area (Å²) in [5.41, 5.74) is 4.14. The lowest BCUT2D eigenvalue weighted by molar-refractivity contribution is 0.0106. The Morgan fingerprint density at radius 2 is 1.67 bits per heavy atom. The fourth-order valence-corrected chi connectivity index (χ4v) is 4.74. The SMILES string of the molecule is O=C(OC/C=C\c1ccc(C2CCNCC2OCc2ccc3ccccc3c2)cc1)c1ccccc1. The molecule has 4 aromatic rings. The Balaban J connectivity index is 1.16. The van der Waals surface area contributed by atoms with Crippen molar-refractivity contribution in [2.24, 2.45) is 0 Å². The molecular weight excluding hydrogens is 446 g/mol. The number of carbonyl (C=O) groups is 1. The number of nitrogens with one attached hydrogen (secondary N) is 1. The van der Waals surface area contributed by atoms with Crippen molar-refractivity contribution in [3.8, 4) is 0 Å². The first-order valence-electron chi connectivity index (χ1n) is 12.5. The molecule has 0 aromatic heterocycles. The van der Waals surface area contributed by atoms with Crippen molar-refractivity contribution < 1.29 is 14.3 Å². The average molecular weight is 478 g/mol. The summed E-state index contributed by atoms with van der Waals surface area (Å²) in [6, 6.07) is 32.6. The molecular formula is C32H31NO3. The van der Waals surface area contributed by atoms with Crippen LogP contribution < -0.4 is 5.32 Å². The number of fused-ring (bicyclic) bond motifs is 1. The third-order valence-electron chi connectivity index (χ3n) is 6.70. The second-order valence-corrected chi connectivity index (χ2v) is 9.16. The number of rotatable bonds is 8. The number of esters is 1. The molecule has 0 aliphatic carbocycles. The van der Waals surface area contributed by atoms with Crippen LogP contribution in [0.2, 0.25) is 0 Å².